The van der Waals surface area contributed by atoms with E-state index in [9.17, 15) is 13.2 Å². The topological polar surface area (TPSA) is 98.9 Å². The first-order valence-corrected chi connectivity index (χ1v) is 8.36. The van der Waals surface area contributed by atoms with Crippen LogP contribution in [0.4, 0.5) is 0 Å². The fourth-order valence-corrected chi connectivity index (χ4v) is 4.00. The molecule has 1 saturated heterocycles. The largest absolute Gasteiger partial charge is 0.496 e. The molecule has 1 aromatic rings. The number of methoxy groups -OCH3 is 2. The molecule has 1 heterocycles. The van der Waals surface area contributed by atoms with E-state index in [0.29, 0.717) is 13.1 Å². The van der Waals surface area contributed by atoms with Crippen LogP contribution in [-0.2, 0) is 14.8 Å². The van der Waals surface area contributed by atoms with Crippen LogP contribution >= 0.6 is 12.4 Å². The Hall–Kier alpha value is -1.35. The molecular weight excluding hydrogens is 344 g/mol. The van der Waals surface area contributed by atoms with Crippen LogP contribution < -0.4 is 10.5 Å². The number of nitrogens with two attached hydrogens (primary N) is 1. The van der Waals surface area contributed by atoms with Gasteiger partial charge in [0, 0.05) is 25.2 Å². The molecule has 0 amide bonds. The number of carbonyl (C=O) groups excluding carboxylic acids is 1. The molecule has 1 unspecified atom stereocenters. The van der Waals surface area contributed by atoms with Crippen LogP contribution in [-0.4, -0.2) is 52.0 Å². The van der Waals surface area contributed by atoms with E-state index in [1.54, 1.807) is 0 Å². The highest BCUT2D eigenvalue weighted by Crippen LogP contribution is 2.27. The summed E-state index contributed by atoms with van der Waals surface area (Å²) >= 11 is 0. The van der Waals surface area contributed by atoms with E-state index in [4.69, 9.17) is 10.5 Å². The minimum Gasteiger partial charge on any atom is -0.496 e. The van der Waals surface area contributed by atoms with Crippen molar-refractivity contribution in [3.05, 3.63) is 23.8 Å². The zero-order valence-electron chi connectivity index (χ0n) is 13.0. The van der Waals surface area contributed by atoms with Crippen LogP contribution in [0.15, 0.2) is 23.1 Å². The van der Waals surface area contributed by atoms with Crippen molar-refractivity contribution in [2.75, 3.05) is 27.3 Å². The molecule has 0 bridgehead atoms. The van der Waals surface area contributed by atoms with Gasteiger partial charge in [-0.25, -0.2) is 13.2 Å². The number of piperidine rings is 1. The molecule has 130 valence electrons. The van der Waals surface area contributed by atoms with Crippen molar-refractivity contribution in [3.63, 3.8) is 0 Å². The first kappa shape index (κ1) is 19.7. The Morgan fingerprint density at radius 2 is 2.04 bits per heavy atom. The van der Waals surface area contributed by atoms with Gasteiger partial charge in [0.25, 0.3) is 0 Å². The molecule has 0 radical (unpaired) electrons. The van der Waals surface area contributed by atoms with E-state index in [1.165, 1.54) is 36.7 Å². The summed E-state index contributed by atoms with van der Waals surface area (Å²) in [5.41, 5.74) is 6.03. The van der Waals surface area contributed by atoms with Gasteiger partial charge in [0.2, 0.25) is 10.0 Å². The van der Waals surface area contributed by atoms with Gasteiger partial charge in [-0.3, -0.25) is 0 Å². The summed E-state index contributed by atoms with van der Waals surface area (Å²) < 4.78 is 36.4. The summed E-state index contributed by atoms with van der Waals surface area (Å²) in [5.74, 6) is -0.421. The normalized spacial score (nSPS) is 18.8. The van der Waals surface area contributed by atoms with Gasteiger partial charge in [-0.1, -0.05) is 0 Å². The van der Waals surface area contributed by atoms with E-state index in [2.05, 4.69) is 4.74 Å². The first-order valence-electron chi connectivity index (χ1n) is 6.92. The van der Waals surface area contributed by atoms with E-state index in [-0.39, 0.29) is 34.7 Å². The average molecular weight is 365 g/mol. The fourth-order valence-electron chi connectivity index (χ4n) is 2.45. The number of hydrogen-bond acceptors (Lipinski definition) is 6. The number of sulfonamides is 1. The van der Waals surface area contributed by atoms with Gasteiger partial charge < -0.3 is 15.2 Å². The highest BCUT2D eigenvalue weighted by Gasteiger charge is 2.30. The van der Waals surface area contributed by atoms with E-state index >= 15 is 0 Å². The molecule has 1 aromatic carbocycles. The first-order chi connectivity index (χ1) is 10.4. The minimum atomic E-state index is -3.66. The SMILES string of the molecule is COC(=O)c1ccc(S(=O)(=O)N2CCCC(N)C2)cc1OC.Cl. The minimum absolute atomic E-state index is 0. The maximum atomic E-state index is 12.7. The average Bonchev–Trinajstić information content (AvgIpc) is 2.53. The third-order valence-electron chi connectivity index (χ3n) is 3.64. The van der Waals surface area contributed by atoms with Crippen molar-refractivity contribution in [2.45, 2.75) is 23.8 Å². The number of rotatable bonds is 4. The second-order valence-electron chi connectivity index (χ2n) is 5.12. The van der Waals surface area contributed by atoms with Gasteiger partial charge in [0.05, 0.1) is 19.1 Å². The van der Waals surface area contributed by atoms with Gasteiger partial charge in [0.1, 0.15) is 11.3 Å². The molecule has 0 saturated carbocycles. The lowest BCUT2D eigenvalue weighted by molar-refractivity contribution is 0.0597. The van der Waals surface area contributed by atoms with Crippen LogP contribution in [0.1, 0.15) is 23.2 Å². The molecule has 1 fully saturated rings. The van der Waals surface area contributed by atoms with Gasteiger partial charge in [-0.05, 0) is 25.0 Å². The summed E-state index contributed by atoms with van der Waals surface area (Å²) in [5, 5.41) is 0. The molecule has 7 nitrogen and oxygen atoms in total. The fraction of sp³-hybridized carbons (Fsp3) is 0.500. The van der Waals surface area contributed by atoms with Crippen LogP contribution in [0.2, 0.25) is 0 Å². The number of esters is 1. The van der Waals surface area contributed by atoms with Gasteiger partial charge in [0.15, 0.2) is 0 Å². The predicted octanol–water partition coefficient (Wildman–Crippen LogP) is 1.02. The lowest BCUT2D eigenvalue weighted by Crippen LogP contribution is -2.45. The molecule has 1 atom stereocenters. The number of benzene rings is 1. The monoisotopic (exact) mass is 364 g/mol. The Kier molecular flexibility index (Phi) is 6.82. The molecule has 1 aliphatic heterocycles. The molecule has 1 aliphatic rings. The summed E-state index contributed by atoms with van der Waals surface area (Å²) in [4.78, 5) is 11.7. The number of ether oxygens (including phenoxy) is 2. The Morgan fingerprint density at radius 3 is 2.61 bits per heavy atom. The Morgan fingerprint density at radius 1 is 1.35 bits per heavy atom. The van der Waals surface area contributed by atoms with Crippen molar-refractivity contribution in [3.8, 4) is 5.75 Å². The molecule has 2 N–H and O–H groups in total. The second-order valence-corrected chi connectivity index (χ2v) is 7.06. The molecule has 0 aliphatic carbocycles. The lowest BCUT2D eigenvalue weighted by Gasteiger charge is -2.30. The summed E-state index contributed by atoms with van der Waals surface area (Å²) in [6.07, 6.45) is 1.55. The maximum Gasteiger partial charge on any atom is 0.341 e. The molecule has 23 heavy (non-hydrogen) atoms. The Labute approximate surface area is 142 Å². The van der Waals surface area contributed by atoms with Gasteiger partial charge in [-0.15, -0.1) is 12.4 Å². The summed E-state index contributed by atoms with van der Waals surface area (Å²) in [7, 11) is -1.03. The van der Waals surface area contributed by atoms with Crippen molar-refractivity contribution in [2.24, 2.45) is 5.73 Å². The lowest BCUT2D eigenvalue weighted by atomic mass is 10.1. The van der Waals surface area contributed by atoms with Crippen molar-refractivity contribution in [1.29, 1.82) is 0 Å². The molecule has 2 rings (SSSR count). The highest BCUT2D eigenvalue weighted by molar-refractivity contribution is 7.89. The van der Waals surface area contributed by atoms with Crippen LogP contribution in [0.3, 0.4) is 0 Å². The Balaban J connectivity index is 0.00000264. The zero-order chi connectivity index (χ0) is 16.3. The van der Waals surface area contributed by atoms with Crippen molar-refractivity contribution in [1.82, 2.24) is 4.31 Å². The van der Waals surface area contributed by atoms with E-state index in [0.717, 1.165) is 12.8 Å². The number of hydrogen-bond donors (Lipinski definition) is 1. The Bertz CT molecular complexity index is 665. The standard InChI is InChI=1S/C14H20N2O5S.ClH/c1-20-13-8-11(5-6-12(13)14(17)21-2)22(18,19)16-7-3-4-10(15)9-16;/h5-6,8,10H,3-4,7,9,15H2,1-2H3;1H. The zero-order valence-corrected chi connectivity index (χ0v) is 14.7. The molecule has 9 heteroatoms. The van der Waals surface area contributed by atoms with Crippen LogP contribution in [0.25, 0.3) is 0 Å². The molecular formula is C14H21ClN2O5S. The van der Waals surface area contributed by atoms with Crippen LogP contribution in [0, 0.1) is 0 Å². The van der Waals surface area contributed by atoms with Crippen molar-refractivity contribution >= 4 is 28.4 Å². The smallest absolute Gasteiger partial charge is 0.341 e. The molecule has 0 spiro atoms. The third kappa shape index (κ3) is 4.14. The van der Waals surface area contributed by atoms with E-state index < -0.39 is 16.0 Å². The van der Waals surface area contributed by atoms with Gasteiger partial charge in [-0.2, -0.15) is 4.31 Å². The number of halogens is 1. The quantitative estimate of drug-likeness (QED) is 0.801. The second kappa shape index (κ2) is 7.96. The highest BCUT2D eigenvalue weighted by atomic mass is 35.5. The third-order valence-corrected chi connectivity index (χ3v) is 5.50. The number of carbonyl (C=O) groups is 1. The molecule has 0 aromatic heterocycles. The number of nitrogens with zero attached hydrogens (tertiary/aromatic N) is 1. The van der Waals surface area contributed by atoms with Crippen LogP contribution in [0.5, 0.6) is 5.75 Å². The predicted molar refractivity (Wildman–Crippen MR) is 87.5 cm³/mol. The maximum absolute atomic E-state index is 12.7. The van der Waals surface area contributed by atoms with E-state index in [1.807, 2.05) is 0 Å². The van der Waals surface area contributed by atoms with Crippen molar-refractivity contribution < 1.29 is 22.7 Å². The van der Waals surface area contributed by atoms with Gasteiger partial charge >= 0.3 is 5.97 Å². The summed E-state index contributed by atoms with van der Waals surface area (Å²) in [6.45, 7) is 0.737. The summed E-state index contributed by atoms with van der Waals surface area (Å²) in [6, 6.07) is 3.95.